The summed E-state index contributed by atoms with van der Waals surface area (Å²) in [6.45, 7) is 1.97. The summed E-state index contributed by atoms with van der Waals surface area (Å²) in [5.74, 6) is 0.188. The minimum absolute atomic E-state index is 0.353. The van der Waals surface area contributed by atoms with Gasteiger partial charge in [-0.05, 0) is 19.1 Å². The average molecular weight is 413 g/mol. The molecule has 0 aliphatic carbocycles. The van der Waals surface area contributed by atoms with Gasteiger partial charge in [0.2, 0.25) is 0 Å². The zero-order valence-corrected chi connectivity index (χ0v) is 17.5. The van der Waals surface area contributed by atoms with Gasteiger partial charge in [-0.3, -0.25) is 0 Å². The van der Waals surface area contributed by atoms with E-state index in [0.29, 0.717) is 11.3 Å². The van der Waals surface area contributed by atoms with Gasteiger partial charge in [0, 0.05) is 16.2 Å². The predicted octanol–water partition coefficient (Wildman–Crippen LogP) is 5.05. The van der Waals surface area contributed by atoms with Crippen LogP contribution < -0.4 is 0 Å². The highest BCUT2D eigenvalue weighted by Gasteiger charge is 2.18. The third-order valence-electron chi connectivity index (χ3n) is 3.94. The van der Waals surface area contributed by atoms with Crippen LogP contribution in [0.25, 0.3) is 10.6 Å². The molecule has 144 valence electrons. The first kappa shape index (κ1) is 20.1. The van der Waals surface area contributed by atoms with E-state index in [2.05, 4.69) is 5.16 Å². The third-order valence-corrected chi connectivity index (χ3v) is 6.28. The smallest absolute Gasteiger partial charge is 0.338 e. The molecule has 0 atom stereocenters. The molecule has 5 nitrogen and oxygen atoms in total. The van der Waals surface area contributed by atoms with Crippen LogP contribution in [0.15, 0.2) is 64.6 Å². The molecule has 0 unspecified atom stereocenters. The normalized spacial score (nSPS) is 11.3. The zero-order valence-electron chi connectivity index (χ0n) is 15.8. The standard InChI is InChI=1S/C21H20N2O3S2/c1-14-19(28-20(22-14)15-9-5-4-6-10-15)17(23-26-3)13-27-18-12-8-7-11-16(18)21(24)25-2/h4-12H,13H2,1-3H3/b23-17-. The number of nitrogens with zero attached hydrogens (tertiary/aromatic N) is 2. The van der Waals surface area contributed by atoms with Gasteiger partial charge in [0.05, 0.1) is 23.2 Å². The number of ether oxygens (including phenoxy) is 1. The van der Waals surface area contributed by atoms with Gasteiger partial charge in [-0.15, -0.1) is 23.1 Å². The lowest BCUT2D eigenvalue weighted by molar-refractivity contribution is 0.0597. The molecule has 3 aromatic rings. The van der Waals surface area contributed by atoms with Crippen LogP contribution in [-0.2, 0) is 9.57 Å². The number of benzene rings is 2. The Balaban J connectivity index is 1.86. The fraction of sp³-hybridized carbons (Fsp3) is 0.190. The molecule has 0 N–H and O–H groups in total. The molecule has 1 aromatic heterocycles. The van der Waals surface area contributed by atoms with E-state index in [9.17, 15) is 4.79 Å². The number of esters is 1. The number of hydrogen-bond donors (Lipinski definition) is 0. The van der Waals surface area contributed by atoms with E-state index in [0.717, 1.165) is 31.7 Å². The first-order valence-electron chi connectivity index (χ1n) is 8.57. The van der Waals surface area contributed by atoms with Crippen molar-refractivity contribution < 1.29 is 14.4 Å². The summed E-state index contributed by atoms with van der Waals surface area (Å²) in [5, 5.41) is 5.16. The topological polar surface area (TPSA) is 60.8 Å². The number of aryl methyl sites for hydroxylation is 1. The second-order valence-electron chi connectivity index (χ2n) is 5.80. The van der Waals surface area contributed by atoms with Crippen molar-refractivity contribution in [2.45, 2.75) is 11.8 Å². The molecule has 0 bridgehead atoms. The maximum atomic E-state index is 12.0. The molecule has 28 heavy (non-hydrogen) atoms. The summed E-state index contributed by atoms with van der Waals surface area (Å²) in [6, 6.07) is 17.4. The van der Waals surface area contributed by atoms with Gasteiger partial charge in [-0.2, -0.15) is 0 Å². The molecule has 0 aliphatic heterocycles. The molecule has 7 heteroatoms. The van der Waals surface area contributed by atoms with Crippen molar-refractivity contribution in [3.63, 3.8) is 0 Å². The van der Waals surface area contributed by atoms with E-state index < -0.39 is 0 Å². The summed E-state index contributed by atoms with van der Waals surface area (Å²) in [7, 11) is 2.91. The summed E-state index contributed by atoms with van der Waals surface area (Å²) in [5.41, 5.74) is 3.30. The van der Waals surface area contributed by atoms with Crippen LogP contribution in [-0.4, -0.2) is 36.6 Å². The van der Waals surface area contributed by atoms with Crippen molar-refractivity contribution in [2.75, 3.05) is 20.0 Å². The highest BCUT2D eigenvalue weighted by Crippen LogP contribution is 2.31. The highest BCUT2D eigenvalue weighted by atomic mass is 32.2. The van der Waals surface area contributed by atoms with Crippen LogP contribution in [0, 0.1) is 6.92 Å². The number of rotatable bonds is 7. The van der Waals surface area contributed by atoms with E-state index in [1.165, 1.54) is 26.0 Å². The molecule has 3 rings (SSSR count). The first-order chi connectivity index (χ1) is 13.6. The fourth-order valence-electron chi connectivity index (χ4n) is 2.63. The van der Waals surface area contributed by atoms with Crippen LogP contribution in [0.3, 0.4) is 0 Å². The van der Waals surface area contributed by atoms with Gasteiger partial charge in [-0.25, -0.2) is 9.78 Å². The molecule has 0 aliphatic rings. The number of carbonyl (C=O) groups is 1. The van der Waals surface area contributed by atoms with Gasteiger partial charge in [0.25, 0.3) is 0 Å². The summed E-state index contributed by atoms with van der Waals surface area (Å²) in [6.07, 6.45) is 0. The van der Waals surface area contributed by atoms with E-state index in [-0.39, 0.29) is 5.97 Å². The Morgan fingerprint density at radius 1 is 1.11 bits per heavy atom. The van der Waals surface area contributed by atoms with Crippen molar-refractivity contribution >= 4 is 34.8 Å². The number of hydrogen-bond acceptors (Lipinski definition) is 7. The molecule has 0 fully saturated rings. The van der Waals surface area contributed by atoms with E-state index >= 15 is 0 Å². The number of carbonyl (C=O) groups excluding carboxylic acids is 1. The quantitative estimate of drug-likeness (QED) is 0.235. The summed E-state index contributed by atoms with van der Waals surface area (Å²) >= 11 is 3.10. The van der Waals surface area contributed by atoms with Gasteiger partial charge in [-0.1, -0.05) is 47.6 Å². The highest BCUT2D eigenvalue weighted by molar-refractivity contribution is 8.00. The molecule has 0 amide bonds. The Bertz CT molecular complexity index is 984. The number of aromatic nitrogens is 1. The Hall–Kier alpha value is -2.64. The number of thiazole rings is 1. The molecule has 0 saturated carbocycles. The minimum Gasteiger partial charge on any atom is -0.465 e. The number of methoxy groups -OCH3 is 1. The van der Waals surface area contributed by atoms with Crippen molar-refractivity contribution in [3.05, 3.63) is 70.7 Å². The van der Waals surface area contributed by atoms with Crippen molar-refractivity contribution in [1.82, 2.24) is 4.98 Å². The van der Waals surface area contributed by atoms with Crippen molar-refractivity contribution in [1.29, 1.82) is 0 Å². The SMILES string of the molecule is CO/N=C(/CSc1ccccc1C(=O)OC)c1sc(-c2ccccc2)nc1C. The third kappa shape index (κ3) is 4.61. The summed E-state index contributed by atoms with van der Waals surface area (Å²) < 4.78 is 4.87. The zero-order chi connectivity index (χ0) is 19.9. The van der Waals surface area contributed by atoms with Crippen molar-refractivity contribution in [2.24, 2.45) is 5.16 Å². The lowest BCUT2D eigenvalue weighted by Crippen LogP contribution is -2.07. The maximum absolute atomic E-state index is 12.0. The first-order valence-corrected chi connectivity index (χ1v) is 10.4. The molecule has 0 saturated heterocycles. The summed E-state index contributed by atoms with van der Waals surface area (Å²) in [4.78, 5) is 23.6. The van der Waals surface area contributed by atoms with Gasteiger partial charge >= 0.3 is 5.97 Å². The van der Waals surface area contributed by atoms with E-state index in [1.54, 1.807) is 17.4 Å². The molecule has 0 spiro atoms. The number of oxime groups is 1. The number of thioether (sulfide) groups is 1. The molecular formula is C21H20N2O3S2. The van der Waals surface area contributed by atoms with Crippen LogP contribution in [0.4, 0.5) is 0 Å². The second kappa shape index (κ2) is 9.52. The minimum atomic E-state index is -0.353. The Morgan fingerprint density at radius 2 is 1.82 bits per heavy atom. The van der Waals surface area contributed by atoms with Gasteiger partial charge in [0.1, 0.15) is 17.8 Å². The molecule has 0 radical (unpaired) electrons. The lowest BCUT2D eigenvalue weighted by Gasteiger charge is -2.08. The molecule has 1 heterocycles. The van der Waals surface area contributed by atoms with E-state index in [1.807, 2.05) is 55.5 Å². The Morgan fingerprint density at radius 3 is 2.54 bits per heavy atom. The van der Waals surface area contributed by atoms with Gasteiger partial charge < -0.3 is 9.57 Å². The largest absolute Gasteiger partial charge is 0.465 e. The van der Waals surface area contributed by atoms with Crippen LogP contribution >= 0.6 is 23.1 Å². The lowest BCUT2D eigenvalue weighted by atomic mass is 10.2. The maximum Gasteiger partial charge on any atom is 0.338 e. The second-order valence-corrected chi connectivity index (χ2v) is 7.81. The average Bonchev–Trinajstić information content (AvgIpc) is 3.13. The van der Waals surface area contributed by atoms with Crippen LogP contribution in [0.5, 0.6) is 0 Å². The fourth-order valence-corrected chi connectivity index (χ4v) is 4.74. The van der Waals surface area contributed by atoms with Crippen LogP contribution in [0.1, 0.15) is 20.9 Å². The molecule has 2 aromatic carbocycles. The van der Waals surface area contributed by atoms with Crippen molar-refractivity contribution in [3.8, 4) is 10.6 Å². The van der Waals surface area contributed by atoms with Crippen LogP contribution in [0.2, 0.25) is 0 Å². The van der Waals surface area contributed by atoms with E-state index in [4.69, 9.17) is 14.6 Å². The van der Waals surface area contributed by atoms with Gasteiger partial charge in [0.15, 0.2) is 0 Å². The Labute approximate surface area is 172 Å². The Kier molecular flexibility index (Phi) is 6.84. The monoisotopic (exact) mass is 412 g/mol. The predicted molar refractivity (Wildman–Crippen MR) is 114 cm³/mol. The molecular weight excluding hydrogens is 392 g/mol.